The Hall–Kier alpha value is -1.93. The number of aromatic nitrogens is 2. The molecule has 0 spiro atoms. The zero-order valence-electron chi connectivity index (χ0n) is 15.5. The molecule has 1 aliphatic rings. The highest BCUT2D eigenvalue weighted by Gasteiger charge is 2.22. The Morgan fingerprint density at radius 1 is 1.15 bits per heavy atom. The lowest BCUT2D eigenvalue weighted by Gasteiger charge is -2.16. The Morgan fingerprint density at radius 2 is 1.81 bits per heavy atom. The van der Waals surface area contributed by atoms with Gasteiger partial charge in [-0.25, -0.2) is 9.48 Å². The zero-order valence-corrected chi connectivity index (χ0v) is 17.2. The molecule has 1 aromatic carbocycles. The van der Waals surface area contributed by atoms with E-state index in [2.05, 4.69) is 10.4 Å². The number of esters is 1. The third-order valence-corrected chi connectivity index (χ3v) is 7.21. The summed E-state index contributed by atoms with van der Waals surface area (Å²) in [5.74, 6) is 1.99. The molecule has 2 heterocycles. The molecule has 27 heavy (non-hydrogen) atoms. The molecule has 8 heteroatoms. The first kappa shape index (κ1) is 19.8. The monoisotopic (exact) mass is 405 g/mol. The molecule has 1 fully saturated rings. The SMILES string of the molecule is CC(C)n1nccc1NC(=O)[C@@H](C)OC(=O)c1ccc(C2SCCS2)cc1. The molecule has 0 radical (unpaired) electrons. The lowest BCUT2D eigenvalue weighted by Crippen LogP contribution is -2.31. The highest BCUT2D eigenvalue weighted by atomic mass is 32.2. The maximum absolute atomic E-state index is 12.3. The molecule has 0 saturated carbocycles. The van der Waals surface area contributed by atoms with Gasteiger partial charge in [-0.1, -0.05) is 12.1 Å². The van der Waals surface area contributed by atoms with Gasteiger partial charge in [0.2, 0.25) is 0 Å². The van der Waals surface area contributed by atoms with Crippen molar-refractivity contribution >= 4 is 41.2 Å². The molecule has 1 N–H and O–H groups in total. The van der Waals surface area contributed by atoms with Crippen molar-refractivity contribution in [1.82, 2.24) is 9.78 Å². The topological polar surface area (TPSA) is 73.2 Å². The van der Waals surface area contributed by atoms with Gasteiger partial charge in [-0.15, -0.1) is 23.5 Å². The molecule has 1 aliphatic heterocycles. The highest BCUT2D eigenvalue weighted by Crippen LogP contribution is 2.45. The molecule has 2 aromatic rings. The number of anilines is 1. The van der Waals surface area contributed by atoms with E-state index in [1.807, 2.05) is 49.5 Å². The minimum absolute atomic E-state index is 0.114. The van der Waals surface area contributed by atoms with Gasteiger partial charge in [0.15, 0.2) is 6.10 Å². The summed E-state index contributed by atoms with van der Waals surface area (Å²) in [6.45, 7) is 5.50. The Balaban J connectivity index is 1.57. The van der Waals surface area contributed by atoms with Gasteiger partial charge in [-0.2, -0.15) is 5.10 Å². The number of hydrogen-bond acceptors (Lipinski definition) is 6. The van der Waals surface area contributed by atoms with Crippen molar-refractivity contribution in [2.75, 3.05) is 16.8 Å². The van der Waals surface area contributed by atoms with Gasteiger partial charge in [0.25, 0.3) is 5.91 Å². The van der Waals surface area contributed by atoms with Crippen molar-refractivity contribution in [1.29, 1.82) is 0 Å². The van der Waals surface area contributed by atoms with Crippen LogP contribution in [-0.4, -0.2) is 39.3 Å². The first-order valence-electron chi connectivity index (χ1n) is 8.84. The van der Waals surface area contributed by atoms with E-state index < -0.39 is 12.1 Å². The van der Waals surface area contributed by atoms with Crippen molar-refractivity contribution in [2.24, 2.45) is 0 Å². The van der Waals surface area contributed by atoms with Crippen LogP contribution >= 0.6 is 23.5 Å². The first-order valence-corrected chi connectivity index (χ1v) is 10.9. The fraction of sp³-hybridized carbons (Fsp3) is 0.421. The second kappa shape index (κ2) is 8.84. The molecule has 0 unspecified atom stereocenters. The van der Waals surface area contributed by atoms with Crippen molar-refractivity contribution < 1.29 is 14.3 Å². The van der Waals surface area contributed by atoms with E-state index >= 15 is 0 Å². The number of carbonyl (C=O) groups is 2. The van der Waals surface area contributed by atoms with E-state index in [4.69, 9.17) is 4.74 Å². The Labute approximate surface area is 167 Å². The van der Waals surface area contributed by atoms with Crippen molar-refractivity contribution in [2.45, 2.75) is 37.5 Å². The lowest BCUT2D eigenvalue weighted by atomic mass is 10.1. The van der Waals surface area contributed by atoms with E-state index in [9.17, 15) is 9.59 Å². The summed E-state index contributed by atoms with van der Waals surface area (Å²) < 4.78 is 7.46. The molecule has 1 atom stereocenters. The number of nitrogens with zero attached hydrogens (tertiary/aromatic N) is 2. The molecule has 6 nitrogen and oxygen atoms in total. The minimum atomic E-state index is -0.909. The molecule has 0 bridgehead atoms. The van der Waals surface area contributed by atoms with Crippen LogP contribution < -0.4 is 5.32 Å². The molecule has 0 aliphatic carbocycles. The summed E-state index contributed by atoms with van der Waals surface area (Å²) in [6.07, 6.45) is 0.711. The van der Waals surface area contributed by atoms with Crippen LogP contribution in [0.5, 0.6) is 0 Å². The number of hydrogen-bond donors (Lipinski definition) is 1. The first-order chi connectivity index (χ1) is 13.0. The lowest BCUT2D eigenvalue weighted by molar-refractivity contribution is -0.123. The summed E-state index contributed by atoms with van der Waals surface area (Å²) in [6, 6.07) is 9.26. The molecule has 3 rings (SSSR count). The van der Waals surface area contributed by atoms with Crippen molar-refractivity contribution in [3.63, 3.8) is 0 Å². The summed E-state index contributed by atoms with van der Waals surface area (Å²) in [4.78, 5) is 24.7. The van der Waals surface area contributed by atoms with Crippen LogP contribution in [0.25, 0.3) is 0 Å². The van der Waals surface area contributed by atoms with E-state index in [1.54, 1.807) is 36.0 Å². The molecule has 1 amide bonds. The van der Waals surface area contributed by atoms with Gasteiger partial charge in [0.05, 0.1) is 16.3 Å². The summed E-state index contributed by atoms with van der Waals surface area (Å²) in [7, 11) is 0. The summed E-state index contributed by atoms with van der Waals surface area (Å²) in [5.41, 5.74) is 1.64. The third kappa shape index (κ3) is 4.87. The third-order valence-electron chi connectivity index (χ3n) is 4.10. The zero-order chi connectivity index (χ0) is 19.4. The van der Waals surface area contributed by atoms with Gasteiger partial charge in [-0.3, -0.25) is 4.79 Å². The summed E-state index contributed by atoms with van der Waals surface area (Å²) in [5, 5.41) is 6.92. The van der Waals surface area contributed by atoms with Crippen LogP contribution in [-0.2, 0) is 9.53 Å². The van der Waals surface area contributed by atoms with Crippen molar-refractivity contribution in [3.8, 4) is 0 Å². The standard InChI is InChI=1S/C19H23N3O3S2/c1-12(2)22-16(8-9-20-22)21-17(23)13(3)25-18(24)14-4-6-15(7-5-14)19-26-10-11-27-19/h4-9,12-13,19H,10-11H2,1-3H3,(H,21,23)/t13-/m1/s1. The second-order valence-corrected chi connectivity index (χ2v) is 9.21. The largest absolute Gasteiger partial charge is 0.449 e. The van der Waals surface area contributed by atoms with Gasteiger partial charge in [0, 0.05) is 23.6 Å². The Kier molecular flexibility index (Phi) is 6.49. The number of carbonyl (C=O) groups excluding carboxylic acids is 2. The smallest absolute Gasteiger partial charge is 0.338 e. The van der Waals surface area contributed by atoms with Crippen LogP contribution in [0.15, 0.2) is 36.5 Å². The minimum Gasteiger partial charge on any atom is -0.449 e. The van der Waals surface area contributed by atoms with Crippen LogP contribution in [0.4, 0.5) is 5.82 Å². The molecule has 1 aromatic heterocycles. The van der Waals surface area contributed by atoms with Crippen LogP contribution in [0.3, 0.4) is 0 Å². The van der Waals surface area contributed by atoms with Crippen molar-refractivity contribution in [3.05, 3.63) is 47.7 Å². The number of amides is 1. The van der Waals surface area contributed by atoms with E-state index in [0.29, 0.717) is 16.0 Å². The van der Waals surface area contributed by atoms with Gasteiger partial charge in [0.1, 0.15) is 5.82 Å². The highest BCUT2D eigenvalue weighted by molar-refractivity contribution is 8.19. The van der Waals surface area contributed by atoms with Gasteiger partial charge < -0.3 is 10.1 Å². The predicted octanol–water partition coefficient (Wildman–Crippen LogP) is 4.13. The maximum Gasteiger partial charge on any atom is 0.338 e. The number of nitrogens with one attached hydrogen (secondary N) is 1. The van der Waals surface area contributed by atoms with E-state index in [1.165, 1.54) is 5.56 Å². The van der Waals surface area contributed by atoms with E-state index in [0.717, 1.165) is 11.5 Å². The van der Waals surface area contributed by atoms with Gasteiger partial charge in [-0.05, 0) is 38.5 Å². The molecular formula is C19H23N3O3S2. The predicted molar refractivity (Wildman–Crippen MR) is 110 cm³/mol. The van der Waals surface area contributed by atoms with Crippen LogP contribution in [0, 0.1) is 0 Å². The average Bonchev–Trinajstić information content (AvgIpc) is 3.33. The Morgan fingerprint density at radius 3 is 2.44 bits per heavy atom. The molecule has 144 valence electrons. The Bertz CT molecular complexity index is 799. The summed E-state index contributed by atoms with van der Waals surface area (Å²) >= 11 is 3.83. The fourth-order valence-corrected chi connectivity index (χ4v) is 5.52. The average molecular weight is 406 g/mol. The maximum atomic E-state index is 12.3. The second-order valence-electron chi connectivity index (χ2n) is 6.49. The quantitative estimate of drug-likeness (QED) is 0.729. The number of ether oxygens (including phenoxy) is 1. The van der Waals surface area contributed by atoms with Gasteiger partial charge >= 0.3 is 5.97 Å². The number of thioether (sulfide) groups is 2. The van der Waals surface area contributed by atoms with E-state index in [-0.39, 0.29) is 11.9 Å². The number of rotatable bonds is 6. The van der Waals surface area contributed by atoms with Crippen LogP contribution in [0.1, 0.15) is 47.3 Å². The molecular weight excluding hydrogens is 382 g/mol. The van der Waals surface area contributed by atoms with Crippen LogP contribution in [0.2, 0.25) is 0 Å². The normalized spacial score (nSPS) is 15.7. The fourth-order valence-electron chi connectivity index (χ4n) is 2.66. The number of benzene rings is 1. The molecule has 1 saturated heterocycles.